The van der Waals surface area contributed by atoms with E-state index in [1.807, 2.05) is 4.90 Å². The minimum Gasteiger partial charge on any atom is -0.491 e. The van der Waals surface area contributed by atoms with Crippen LogP contribution in [-0.4, -0.2) is 83.3 Å². The van der Waals surface area contributed by atoms with Gasteiger partial charge < -0.3 is 25.2 Å². The number of carbonyl (C=O) groups is 2. The van der Waals surface area contributed by atoms with Gasteiger partial charge in [-0.3, -0.25) is 15.0 Å². The van der Waals surface area contributed by atoms with Gasteiger partial charge in [-0.25, -0.2) is 14.8 Å². The largest absolute Gasteiger partial charge is 0.491 e. The van der Waals surface area contributed by atoms with Gasteiger partial charge in [0.25, 0.3) is 5.91 Å². The number of nitrogens with one attached hydrogen (secondary N) is 2. The maximum absolute atomic E-state index is 13.2. The van der Waals surface area contributed by atoms with Crippen molar-refractivity contribution in [3.8, 4) is 5.75 Å². The summed E-state index contributed by atoms with van der Waals surface area (Å²) in [5.41, 5.74) is 0.341. The maximum Gasteiger partial charge on any atom is 0.405 e. The van der Waals surface area contributed by atoms with Crippen LogP contribution in [0.2, 0.25) is 0 Å². The Hall–Kier alpha value is -3.65. The summed E-state index contributed by atoms with van der Waals surface area (Å²) in [6.45, 7) is -0.934. The molecular weight excluding hydrogens is 473 g/mol. The van der Waals surface area contributed by atoms with Crippen molar-refractivity contribution in [1.29, 1.82) is 0 Å². The molecule has 11 nitrogen and oxygen atoms in total. The summed E-state index contributed by atoms with van der Waals surface area (Å²) in [6, 6.07) is 4.98. The van der Waals surface area contributed by atoms with Crippen LogP contribution in [0.3, 0.4) is 0 Å². The number of urea groups is 1. The molecule has 3 amide bonds. The molecule has 2 aliphatic rings. The molecular formula is C21H23F3N6O5. The van der Waals surface area contributed by atoms with Crippen LogP contribution in [0.25, 0.3) is 0 Å². The lowest BCUT2D eigenvalue weighted by Crippen LogP contribution is -2.48. The molecule has 35 heavy (non-hydrogen) atoms. The molecule has 4 rings (SSSR count). The van der Waals surface area contributed by atoms with Crippen molar-refractivity contribution < 1.29 is 37.7 Å². The van der Waals surface area contributed by atoms with Crippen molar-refractivity contribution >= 4 is 29.3 Å². The van der Waals surface area contributed by atoms with Crippen molar-refractivity contribution in [2.24, 2.45) is 0 Å². The summed E-state index contributed by atoms with van der Waals surface area (Å²) >= 11 is 0. The number of nitrogens with zero attached hydrogens (tertiary/aromatic N) is 4. The first-order valence-corrected chi connectivity index (χ1v) is 10.7. The molecule has 2 aromatic rings. The molecule has 0 aromatic carbocycles. The molecule has 0 saturated carbocycles. The summed E-state index contributed by atoms with van der Waals surface area (Å²) in [5.74, 6) is -0.396. The lowest BCUT2D eigenvalue weighted by Gasteiger charge is -2.35. The molecule has 2 atom stereocenters. The third-order valence-electron chi connectivity index (χ3n) is 5.47. The second kappa shape index (κ2) is 9.92. The molecule has 0 spiro atoms. The third kappa shape index (κ3) is 5.71. The quantitative estimate of drug-likeness (QED) is 0.447. The first-order valence-electron chi connectivity index (χ1n) is 10.7. The van der Waals surface area contributed by atoms with E-state index in [0.717, 1.165) is 0 Å². The average molecular weight is 496 g/mol. The zero-order chi connectivity index (χ0) is 25.2. The zero-order valence-corrected chi connectivity index (χ0v) is 18.3. The minimum absolute atomic E-state index is 0.145. The third-order valence-corrected chi connectivity index (χ3v) is 5.47. The van der Waals surface area contributed by atoms with E-state index in [9.17, 15) is 27.9 Å². The van der Waals surface area contributed by atoms with Crippen LogP contribution in [0.5, 0.6) is 5.75 Å². The summed E-state index contributed by atoms with van der Waals surface area (Å²) in [7, 11) is 0. The van der Waals surface area contributed by atoms with Gasteiger partial charge in [-0.05, 0) is 24.6 Å². The van der Waals surface area contributed by atoms with Gasteiger partial charge in [-0.2, -0.15) is 13.2 Å². The SMILES string of the molecule is O=C(NCC(F)(F)F)c1ccc2c(n1)N(C(=O)Nc1cc(OCC(O)CO)ccn1)[C@H]1CCN2C1. The van der Waals surface area contributed by atoms with Crippen molar-refractivity contribution in [3.05, 3.63) is 36.2 Å². The molecule has 2 aromatic heterocycles. The van der Waals surface area contributed by atoms with Crippen molar-refractivity contribution in [2.75, 3.05) is 48.0 Å². The topological polar surface area (TPSA) is 140 Å². The minimum atomic E-state index is -4.57. The summed E-state index contributed by atoms with van der Waals surface area (Å²) in [5, 5.41) is 22.8. The number of anilines is 3. The van der Waals surface area contributed by atoms with Gasteiger partial charge in [-0.15, -0.1) is 0 Å². The molecule has 4 heterocycles. The number of alkyl halides is 3. The number of hydrogen-bond acceptors (Lipinski definition) is 8. The van der Waals surface area contributed by atoms with Gasteiger partial charge in [0.05, 0.1) is 18.3 Å². The van der Waals surface area contributed by atoms with Gasteiger partial charge >= 0.3 is 12.2 Å². The number of fused-ring (bicyclic) bond motifs is 4. The molecule has 2 bridgehead atoms. The Labute approximate surface area is 197 Å². The van der Waals surface area contributed by atoms with Crippen LogP contribution in [0.15, 0.2) is 30.5 Å². The van der Waals surface area contributed by atoms with Crippen molar-refractivity contribution in [2.45, 2.75) is 24.7 Å². The second-order valence-corrected chi connectivity index (χ2v) is 8.05. The number of amides is 3. The number of hydrogen-bond donors (Lipinski definition) is 4. The molecule has 2 aliphatic heterocycles. The van der Waals surface area contributed by atoms with Gasteiger partial charge in [0.15, 0.2) is 5.82 Å². The molecule has 14 heteroatoms. The van der Waals surface area contributed by atoms with E-state index in [1.54, 1.807) is 11.4 Å². The van der Waals surface area contributed by atoms with E-state index < -0.39 is 37.4 Å². The summed E-state index contributed by atoms with van der Waals surface area (Å²) in [4.78, 5) is 37.1. The van der Waals surface area contributed by atoms with Crippen LogP contribution >= 0.6 is 0 Å². The molecule has 1 fully saturated rings. The van der Waals surface area contributed by atoms with E-state index in [2.05, 4.69) is 15.3 Å². The predicted octanol–water partition coefficient (Wildman–Crippen LogP) is 1.13. The highest BCUT2D eigenvalue weighted by molar-refractivity contribution is 6.05. The number of ether oxygens (including phenoxy) is 1. The zero-order valence-electron chi connectivity index (χ0n) is 18.3. The monoisotopic (exact) mass is 496 g/mol. The Morgan fingerprint density at radius 1 is 1.29 bits per heavy atom. The van der Waals surface area contributed by atoms with Crippen LogP contribution in [0.4, 0.5) is 35.3 Å². The summed E-state index contributed by atoms with van der Waals surface area (Å²) < 4.78 is 42.8. The van der Waals surface area contributed by atoms with Gasteiger partial charge in [-0.1, -0.05) is 0 Å². The molecule has 1 saturated heterocycles. The number of aromatic nitrogens is 2. The van der Waals surface area contributed by atoms with Crippen LogP contribution in [0.1, 0.15) is 16.9 Å². The number of aliphatic hydroxyl groups is 2. The van der Waals surface area contributed by atoms with E-state index in [1.165, 1.54) is 29.3 Å². The van der Waals surface area contributed by atoms with E-state index >= 15 is 0 Å². The van der Waals surface area contributed by atoms with Crippen molar-refractivity contribution in [3.63, 3.8) is 0 Å². The highest BCUT2D eigenvalue weighted by Crippen LogP contribution is 2.39. The molecule has 188 valence electrons. The highest BCUT2D eigenvalue weighted by atomic mass is 19.4. The van der Waals surface area contributed by atoms with Gasteiger partial charge in [0, 0.05) is 25.4 Å². The second-order valence-electron chi connectivity index (χ2n) is 8.05. The lowest BCUT2D eigenvalue weighted by atomic mass is 10.1. The van der Waals surface area contributed by atoms with E-state index in [0.29, 0.717) is 30.9 Å². The lowest BCUT2D eigenvalue weighted by molar-refractivity contribution is -0.123. The molecule has 1 unspecified atom stereocenters. The maximum atomic E-state index is 13.2. The van der Waals surface area contributed by atoms with E-state index in [4.69, 9.17) is 9.84 Å². The molecule has 4 N–H and O–H groups in total. The fourth-order valence-electron chi connectivity index (χ4n) is 3.85. The van der Waals surface area contributed by atoms with Gasteiger partial charge in [0.1, 0.15) is 36.5 Å². The standard InChI is InChI=1S/C21H23F3N6O5/c22-21(23,24)11-26-19(33)15-1-2-16-18(27-15)30(12-4-6-29(16)8-12)20(34)28-17-7-14(3-5-25-17)35-10-13(32)9-31/h1-3,5,7,12-13,31-32H,4,6,8-11H2,(H,26,33)(H,25,28,34)/t12-,13?/m0/s1. The molecule has 0 aliphatic carbocycles. The first-order chi connectivity index (χ1) is 16.6. The van der Waals surface area contributed by atoms with Crippen molar-refractivity contribution in [1.82, 2.24) is 15.3 Å². The Morgan fingerprint density at radius 3 is 2.83 bits per heavy atom. The van der Waals surface area contributed by atoms with E-state index in [-0.39, 0.29) is 30.0 Å². The number of halogens is 3. The van der Waals surface area contributed by atoms with Crippen LogP contribution in [0, 0.1) is 0 Å². The smallest absolute Gasteiger partial charge is 0.405 e. The Morgan fingerprint density at radius 2 is 2.09 bits per heavy atom. The number of pyridine rings is 2. The Kier molecular flexibility index (Phi) is 6.93. The number of aliphatic hydroxyl groups excluding tert-OH is 2. The average Bonchev–Trinajstić information content (AvgIpc) is 3.24. The van der Waals surface area contributed by atoms with Crippen LogP contribution in [-0.2, 0) is 0 Å². The first kappa shape index (κ1) is 24.5. The number of carbonyl (C=O) groups excluding carboxylic acids is 2. The normalized spacial score (nSPS) is 17.6. The molecule has 0 radical (unpaired) electrons. The van der Waals surface area contributed by atoms with Crippen LogP contribution < -0.4 is 25.2 Å². The van der Waals surface area contributed by atoms with Gasteiger partial charge in [0.2, 0.25) is 0 Å². The summed E-state index contributed by atoms with van der Waals surface area (Å²) in [6.07, 6.45) is -3.61. The fraction of sp³-hybridized carbons (Fsp3) is 0.429. The Bertz CT molecular complexity index is 1100. The fourth-order valence-corrected chi connectivity index (χ4v) is 3.85. The Balaban J connectivity index is 1.53. The highest BCUT2D eigenvalue weighted by Gasteiger charge is 2.40. The predicted molar refractivity (Wildman–Crippen MR) is 118 cm³/mol. The number of rotatable bonds is 7.